The second kappa shape index (κ2) is 8.00. The second-order valence-electron chi connectivity index (χ2n) is 6.16. The first-order valence-electron chi connectivity index (χ1n) is 8.16. The molecule has 24 heavy (non-hydrogen) atoms. The van der Waals surface area contributed by atoms with E-state index >= 15 is 0 Å². The number of hydrogen-bond donors (Lipinski definition) is 4. The Labute approximate surface area is 142 Å². The molecule has 0 unspecified atom stereocenters. The minimum atomic E-state index is -1.25. The van der Waals surface area contributed by atoms with Gasteiger partial charge in [-0.1, -0.05) is 31.0 Å². The summed E-state index contributed by atoms with van der Waals surface area (Å²) < 4.78 is 0. The summed E-state index contributed by atoms with van der Waals surface area (Å²) in [4.78, 5) is 14.7. The van der Waals surface area contributed by atoms with Crippen molar-refractivity contribution in [3.63, 3.8) is 0 Å². The molecule has 4 N–H and O–H groups in total. The molecule has 0 aliphatic carbocycles. The zero-order valence-corrected chi connectivity index (χ0v) is 14.1. The standard InChI is InChI=1S/C19H24N2O3/c1-3-4-7-10-19(2,24)13-21-17(18(22)23)11-14-12-20-16-9-6-5-8-15(14)16/h5-6,8-9,12,17,20-21,24H,3-4,11,13H2,1-2H3,(H,22,23)/t17-,19-/m0/s1. The number of unbranched alkanes of at least 4 members (excludes halogenated alkanes) is 1. The van der Waals surface area contributed by atoms with Gasteiger partial charge in [-0.25, -0.2) is 0 Å². The zero-order valence-electron chi connectivity index (χ0n) is 14.1. The first kappa shape index (κ1) is 18.1. The highest BCUT2D eigenvalue weighted by Gasteiger charge is 2.24. The predicted octanol–water partition coefficient (Wildman–Crippen LogP) is 2.31. The van der Waals surface area contributed by atoms with Crippen LogP contribution in [0, 0.1) is 11.8 Å². The van der Waals surface area contributed by atoms with Crippen molar-refractivity contribution < 1.29 is 15.0 Å². The summed E-state index contributed by atoms with van der Waals surface area (Å²) in [6.45, 7) is 3.71. The molecule has 0 bridgehead atoms. The number of carboxylic acids is 1. The molecule has 2 rings (SSSR count). The van der Waals surface area contributed by atoms with Crippen LogP contribution in [-0.2, 0) is 11.2 Å². The molecular formula is C19H24N2O3. The molecule has 0 saturated carbocycles. The number of benzene rings is 1. The van der Waals surface area contributed by atoms with Gasteiger partial charge in [0.2, 0.25) is 0 Å². The number of para-hydroxylation sites is 1. The molecule has 0 radical (unpaired) electrons. The van der Waals surface area contributed by atoms with Crippen molar-refractivity contribution in [3.05, 3.63) is 36.0 Å². The van der Waals surface area contributed by atoms with E-state index in [1.54, 1.807) is 6.92 Å². The molecule has 0 spiro atoms. The number of aromatic nitrogens is 1. The Kier molecular flexibility index (Phi) is 6.02. The fourth-order valence-corrected chi connectivity index (χ4v) is 2.51. The number of carbonyl (C=O) groups is 1. The molecule has 2 aromatic rings. The van der Waals surface area contributed by atoms with E-state index in [1.165, 1.54) is 0 Å². The van der Waals surface area contributed by atoms with Crippen molar-refractivity contribution in [3.8, 4) is 11.8 Å². The lowest BCUT2D eigenvalue weighted by Gasteiger charge is -2.21. The summed E-state index contributed by atoms with van der Waals surface area (Å²) >= 11 is 0. The van der Waals surface area contributed by atoms with Crippen LogP contribution in [0.5, 0.6) is 0 Å². The maximum Gasteiger partial charge on any atom is 0.321 e. The monoisotopic (exact) mass is 328 g/mol. The topological polar surface area (TPSA) is 85.4 Å². The van der Waals surface area contributed by atoms with Crippen LogP contribution in [0.4, 0.5) is 0 Å². The minimum absolute atomic E-state index is 0.100. The van der Waals surface area contributed by atoms with Gasteiger partial charge in [0.1, 0.15) is 11.6 Å². The van der Waals surface area contributed by atoms with Gasteiger partial charge in [-0.15, -0.1) is 5.92 Å². The highest BCUT2D eigenvalue weighted by Crippen LogP contribution is 2.19. The maximum atomic E-state index is 11.5. The van der Waals surface area contributed by atoms with Crippen LogP contribution in [0.2, 0.25) is 0 Å². The zero-order chi connectivity index (χ0) is 17.6. The van der Waals surface area contributed by atoms with Crippen molar-refractivity contribution in [2.24, 2.45) is 0 Å². The van der Waals surface area contributed by atoms with Crippen molar-refractivity contribution in [2.45, 2.75) is 44.8 Å². The van der Waals surface area contributed by atoms with E-state index in [-0.39, 0.29) is 6.54 Å². The molecule has 1 aromatic heterocycles. The van der Waals surface area contributed by atoms with Gasteiger partial charge in [0.05, 0.1) is 0 Å². The lowest BCUT2D eigenvalue weighted by molar-refractivity contribution is -0.139. The summed E-state index contributed by atoms with van der Waals surface area (Å²) in [6.07, 6.45) is 3.81. The molecule has 1 heterocycles. The summed E-state index contributed by atoms with van der Waals surface area (Å²) in [6, 6.07) is 6.99. The third kappa shape index (κ3) is 4.85. The highest BCUT2D eigenvalue weighted by molar-refractivity contribution is 5.84. The highest BCUT2D eigenvalue weighted by atomic mass is 16.4. The van der Waals surface area contributed by atoms with Crippen LogP contribution >= 0.6 is 0 Å². The molecule has 5 heteroatoms. The molecule has 0 amide bonds. The molecule has 0 aliphatic rings. The minimum Gasteiger partial charge on any atom is -0.480 e. The lowest BCUT2D eigenvalue weighted by atomic mass is 10.0. The summed E-state index contributed by atoms with van der Waals surface area (Å²) in [5, 5.41) is 23.6. The van der Waals surface area contributed by atoms with Crippen LogP contribution < -0.4 is 5.32 Å². The van der Waals surface area contributed by atoms with Gasteiger partial charge in [0.15, 0.2) is 0 Å². The van der Waals surface area contributed by atoms with Gasteiger partial charge in [-0.2, -0.15) is 0 Å². The molecular weight excluding hydrogens is 304 g/mol. The predicted molar refractivity (Wildman–Crippen MR) is 94.7 cm³/mol. The van der Waals surface area contributed by atoms with Gasteiger partial charge in [0.25, 0.3) is 0 Å². The summed E-state index contributed by atoms with van der Waals surface area (Å²) in [5.74, 6) is 4.75. The largest absolute Gasteiger partial charge is 0.480 e. The van der Waals surface area contributed by atoms with Crippen molar-refractivity contribution in [2.75, 3.05) is 6.54 Å². The quantitative estimate of drug-likeness (QED) is 0.588. The Balaban J connectivity index is 2.05. The van der Waals surface area contributed by atoms with E-state index < -0.39 is 17.6 Å². The third-order valence-electron chi connectivity index (χ3n) is 3.82. The number of carboxylic acid groups (broad SMARTS) is 1. The number of rotatable bonds is 7. The Hall–Kier alpha value is -2.29. The van der Waals surface area contributed by atoms with E-state index in [0.717, 1.165) is 22.9 Å². The van der Waals surface area contributed by atoms with Crippen LogP contribution in [0.3, 0.4) is 0 Å². The fraction of sp³-hybridized carbons (Fsp3) is 0.421. The van der Waals surface area contributed by atoms with Crippen molar-refractivity contribution >= 4 is 16.9 Å². The first-order valence-corrected chi connectivity index (χ1v) is 8.16. The van der Waals surface area contributed by atoms with Crippen molar-refractivity contribution in [1.82, 2.24) is 10.3 Å². The molecule has 0 aliphatic heterocycles. The fourth-order valence-electron chi connectivity index (χ4n) is 2.51. The van der Waals surface area contributed by atoms with E-state index in [2.05, 4.69) is 22.1 Å². The third-order valence-corrected chi connectivity index (χ3v) is 3.82. The van der Waals surface area contributed by atoms with Gasteiger partial charge in [0, 0.05) is 36.5 Å². The van der Waals surface area contributed by atoms with Crippen LogP contribution in [0.15, 0.2) is 30.5 Å². The average Bonchev–Trinajstić information content (AvgIpc) is 2.94. The van der Waals surface area contributed by atoms with E-state index in [9.17, 15) is 15.0 Å². The van der Waals surface area contributed by atoms with Crippen molar-refractivity contribution in [1.29, 1.82) is 0 Å². The Morgan fingerprint density at radius 2 is 2.17 bits per heavy atom. The summed E-state index contributed by atoms with van der Waals surface area (Å²) in [7, 11) is 0. The first-order chi connectivity index (χ1) is 11.4. The number of fused-ring (bicyclic) bond motifs is 1. The van der Waals surface area contributed by atoms with Crippen LogP contribution in [-0.4, -0.2) is 39.4 Å². The summed E-state index contributed by atoms with van der Waals surface area (Å²) in [5.41, 5.74) is 0.666. The van der Waals surface area contributed by atoms with Gasteiger partial charge < -0.3 is 20.5 Å². The number of aromatic amines is 1. The molecule has 128 valence electrons. The Morgan fingerprint density at radius 1 is 1.42 bits per heavy atom. The number of aliphatic hydroxyl groups is 1. The molecule has 2 atom stereocenters. The SMILES string of the molecule is CCCC#C[C@](C)(O)CN[C@@H](Cc1c[nH]c2ccccc12)C(=O)O. The maximum absolute atomic E-state index is 11.5. The average molecular weight is 328 g/mol. The smallest absolute Gasteiger partial charge is 0.321 e. The lowest BCUT2D eigenvalue weighted by Crippen LogP contribution is -2.46. The number of hydrogen-bond acceptors (Lipinski definition) is 3. The number of aliphatic carboxylic acids is 1. The van der Waals surface area contributed by atoms with E-state index in [0.29, 0.717) is 12.8 Å². The number of H-pyrrole nitrogens is 1. The Bertz CT molecular complexity index is 753. The molecule has 1 aromatic carbocycles. The Morgan fingerprint density at radius 3 is 2.88 bits per heavy atom. The van der Waals surface area contributed by atoms with Gasteiger partial charge >= 0.3 is 5.97 Å². The van der Waals surface area contributed by atoms with Gasteiger partial charge in [-0.05, 0) is 25.0 Å². The van der Waals surface area contributed by atoms with Crippen LogP contribution in [0.25, 0.3) is 10.9 Å². The number of nitrogens with one attached hydrogen (secondary N) is 2. The van der Waals surface area contributed by atoms with E-state index in [1.807, 2.05) is 37.4 Å². The normalized spacial score (nSPS) is 14.6. The second-order valence-corrected chi connectivity index (χ2v) is 6.16. The van der Waals surface area contributed by atoms with E-state index in [4.69, 9.17) is 0 Å². The molecule has 5 nitrogen and oxygen atoms in total. The van der Waals surface area contributed by atoms with Crippen LogP contribution in [0.1, 0.15) is 32.3 Å². The van der Waals surface area contributed by atoms with Gasteiger partial charge in [-0.3, -0.25) is 4.79 Å². The molecule has 0 fully saturated rings. The molecule has 0 saturated heterocycles.